The van der Waals surface area contributed by atoms with Crippen LogP contribution in [-0.4, -0.2) is 21.1 Å². The van der Waals surface area contributed by atoms with Crippen molar-refractivity contribution in [3.05, 3.63) is 33.5 Å². The second-order valence-corrected chi connectivity index (χ2v) is 4.07. The van der Waals surface area contributed by atoms with Gasteiger partial charge in [-0.05, 0) is 18.6 Å². The number of hydrogen-bond donors (Lipinski definition) is 3. The van der Waals surface area contributed by atoms with Crippen molar-refractivity contribution in [3.8, 4) is 11.5 Å². The molecule has 1 aliphatic heterocycles. The van der Waals surface area contributed by atoms with Gasteiger partial charge in [-0.1, -0.05) is 0 Å². The fraction of sp³-hybridized carbons (Fsp3) is 0.364. The lowest BCUT2D eigenvalue weighted by Gasteiger charge is -2.29. The zero-order valence-electron chi connectivity index (χ0n) is 8.73. The van der Waals surface area contributed by atoms with Crippen molar-refractivity contribution in [2.75, 3.05) is 0 Å². The summed E-state index contributed by atoms with van der Waals surface area (Å²) in [6.07, 6.45) is 0.109. The van der Waals surface area contributed by atoms with Crippen molar-refractivity contribution in [1.29, 1.82) is 0 Å². The van der Waals surface area contributed by atoms with Gasteiger partial charge in [0.15, 0.2) is 11.5 Å². The molecule has 1 aromatic carbocycles. The van der Waals surface area contributed by atoms with Crippen molar-refractivity contribution in [2.45, 2.75) is 25.7 Å². The van der Waals surface area contributed by atoms with Crippen LogP contribution in [0.3, 0.4) is 0 Å². The summed E-state index contributed by atoms with van der Waals surface area (Å²) in [5, 5.41) is 28.7. The van der Waals surface area contributed by atoms with Crippen molar-refractivity contribution in [1.82, 2.24) is 0 Å². The van der Waals surface area contributed by atoms with E-state index in [9.17, 15) is 20.1 Å². The summed E-state index contributed by atoms with van der Waals surface area (Å²) in [6.45, 7) is 1.48. The topological polar surface area (TPSA) is 87.0 Å². The maximum atomic E-state index is 11.2. The molecule has 0 saturated carbocycles. The highest BCUT2D eigenvalue weighted by Crippen LogP contribution is 2.31. The Morgan fingerprint density at radius 2 is 2.00 bits per heavy atom. The predicted octanol–water partition coefficient (Wildman–Crippen LogP) is 0.239. The Balaban J connectivity index is 2.66. The molecule has 0 amide bonds. The van der Waals surface area contributed by atoms with E-state index in [1.165, 1.54) is 13.0 Å². The largest absolute Gasteiger partial charge is 0.507 e. The predicted molar refractivity (Wildman–Crippen MR) is 55.2 cm³/mol. The van der Waals surface area contributed by atoms with E-state index in [1.807, 2.05) is 0 Å². The van der Waals surface area contributed by atoms with Crippen molar-refractivity contribution in [3.63, 3.8) is 0 Å². The Morgan fingerprint density at radius 3 is 2.69 bits per heavy atom. The van der Waals surface area contributed by atoms with E-state index in [-0.39, 0.29) is 18.8 Å². The van der Waals surface area contributed by atoms with Gasteiger partial charge in [0.2, 0.25) is 5.43 Å². The number of aromatic hydroxyl groups is 2. The average Bonchev–Trinajstić information content (AvgIpc) is 2.24. The van der Waals surface area contributed by atoms with Gasteiger partial charge in [-0.15, -0.1) is 0 Å². The fourth-order valence-electron chi connectivity index (χ4n) is 1.73. The quantitative estimate of drug-likeness (QED) is 0.587. The molecule has 1 heterocycles. The molecule has 16 heavy (non-hydrogen) atoms. The molecule has 0 aromatic heterocycles. The van der Waals surface area contributed by atoms with Crippen molar-refractivity contribution < 1.29 is 20.1 Å². The minimum Gasteiger partial charge on any atom is -0.507 e. The monoisotopic (exact) mass is 224 g/mol. The summed E-state index contributed by atoms with van der Waals surface area (Å²) in [6, 6.07) is 2.20. The minimum atomic E-state index is -1.34. The van der Waals surface area contributed by atoms with E-state index in [0.29, 0.717) is 11.1 Å². The Kier molecular flexibility index (Phi) is 2.36. The third-order valence-corrected chi connectivity index (χ3v) is 2.57. The molecule has 3 N–H and O–H groups in total. The van der Waals surface area contributed by atoms with Gasteiger partial charge in [0.1, 0.15) is 5.75 Å². The summed E-state index contributed by atoms with van der Waals surface area (Å²) in [5.74, 6) is -2.02. The SMILES string of the molecule is C[C@]1(O)Cc2cc(O)c(=O)cc(O)c2CO1. The molecule has 1 atom stereocenters. The summed E-state index contributed by atoms with van der Waals surface area (Å²) < 4.78 is 5.11. The van der Waals surface area contributed by atoms with Crippen molar-refractivity contribution >= 4 is 0 Å². The molecule has 0 radical (unpaired) electrons. The van der Waals surface area contributed by atoms with Crippen LogP contribution >= 0.6 is 0 Å². The molecule has 0 unspecified atom stereocenters. The summed E-state index contributed by atoms with van der Waals surface area (Å²) in [4.78, 5) is 11.2. The third-order valence-electron chi connectivity index (χ3n) is 2.57. The van der Waals surface area contributed by atoms with Gasteiger partial charge in [-0.25, -0.2) is 0 Å². The normalized spacial score (nSPS) is 23.9. The van der Waals surface area contributed by atoms with Crippen LogP contribution in [0.1, 0.15) is 18.1 Å². The molecule has 5 heteroatoms. The first-order chi connectivity index (χ1) is 7.39. The lowest BCUT2D eigenvalue weighted by atomic mass is 9.99. The van der Waals surface area contributed by atoms with E-state index < -0.39 is 17.0 Å². The zero-order valence-corrected chi connectivity index (χ0v) is 8.73. The zero-order chi connectivity index (χ0) is 11.9. The van der Waals surface area contributed by atoms with Gasteiger partial charge in [0.25, 0.3) is 0 Å². The van der Waals surface area contributed by atoms with Crippen LogP contribution in [0.4, 0.5) is 0 Å². The van der Waals surface area contributed by atoms with Crippen LogP contribution in [0.15, 0.2) is 16.9 Å². The molecular formula is C11H12O5. The fourth-order valence-corrected chi connectivity index (χ4v) is 1.73. The number of rotatable bonds is 0. The summed E-state index contributed by atoms with van der Waals surface area (Å²) in [5.41, 5.74) is 0.267. The van der Waals surface area contributed by atoms with E-state index in [4.69, 9.17) is 4.74 Å². The lowest BCUT2D eigenvalue weighted by Crippen LogP contribution is -2.34. The van der Waals surface area contributed by atoms with Crippen LogP contribution in [0, 0.1) is 0 Å². The standard InChI is InChI=1S/C11H12O5/c1-11(15)4-6-2-9(13)10(14)3-8(12)7(6)5-16-11/h2-3,12,15H,4-5H2,1H3,(H,13,14)/t11-/m1/s1. The van der Waals surface area contributed by atoms with Gasteiger partial charge in [-0.2, -0.15) is 0 Å². The van der Waals surface area contributed by atoms with E-state index in [1.54, 1.807) is 0 Å². The van der Waals surface area contributed by atoms with Crippen LogP contribution in [0.25, 0.3) is 0 Å². The first kappa shape index (κ1) is 10.9. The average molecular weight is 224 g/mol. The lowest BCUT2D eigenvalue weighted by molar-refractivity contribution is -0.204. The number of fused-ring (bicyclic) bond motifs is 1. The van der Waals surface area contributed by atoms with Gasteiger partial charge in [0.05, 0.1) is 6.61 Å². The molecule has 0 fully saturated rings. The second-order valence-electron chi connectivity index (χ2n) is 4.07. The molecule has 86 valence electrons. The Labute approximate surface area is 91.6 Å². The minimum absolute atomic E-state index is 0.00171. The number of hydrogen-bond acceptors (Lipinski definition) is 5. The summed E-state index contributed by atoms with van der Waals surface area (Å²) >= 11 is 0. The van der Waals surface area contributed by atoms with Gasteiger partial charge >= 0.3 is 0 Å². The highest BCUT2D eigenvalue weighted by Gasteiger charge is 2.29. The second kappa shape index (κ2) is 3.47. The molecular weight excluding hydrogens is 212 g/mol. The molecule has 0 aliphatic carbocycles. The van der Waals surface area contributed by atoms with Gasteiger partial charge < -0.3 is 20.1 Å². The van der Waals surface area contributed by atoms with E-state index in [0.717, 1.165) is 6.07 Å². The molecule has 1 aromatic rings. The van der Waals surface area contributed by atoms with E-state index in [2.05, 4.69) is 0 Å². The Bertz CT molecular complexity index is 492. The molecule has 0 saturated heterocycles. The maximum Gasteiger partial charge on any atom is 0.223 e. The van der Waals surface area contributed by atoms with Crippen LogP contribution in [-0.2, 0) is 17.8 Å². The van der Waals surface area contributed by atoms with Gasteiger partial charge in [0, 0.05) is 18.1 Å². The molecule has 5 nitrogen and oxygen atoms in total. The molecule has 2 rings (SSSR count). The first-order valence-corrected chi connectivity index (χ1v) is 4.83. The Morgan fingerprint density at radius 1 is 1.31 bits per heavy atom. The molecule has 0 bridgehead atoms. The third kappa shape index (κ3) is 1.87. The van der Waals surface area contributed by atoms with Gasteiger partial charge in [-0.3, -0.25) is 4.79 Å². The number of ether oxygens (including phenoxy) is 1. The summed E-state index contributed by atoms with van der Waals surface area (Å²) in [7, 11) is 0. The molecule has 0 spiro atoms. The number of aliphatic hydroxyl groups is 1. The first-order valence-electron chi connectivity index (χ1n) is 4.83. The van der Waals surface area contributed by atoms with Crippen molar-refractivity contribution in [2.24, 2.45) is 0 Å². The van der Waals surface area contributed by atoms with E-state index >= 15 is 0 Å². The Hall–Kier alpha value is -1.59. The van der Waals surface area contributed by atoms with Crippen LogP contribution < -0.4 is 5.43 Å². The van der Waals surface area contributed by atoms with Crippen LogP contribution in [0.2, 0.25) is 0 Å². The molecule has 1 aliphatic rings. The van der Waals surface area contributed by atoms with Crippen LogP contribution in [0.5, 0.6) is 11.5 Å². The maximum absolute atomic E-state index is 11.2. The smallest absolute Gasteiger partial charge is 0.223 e. The highest BCUT2D eigenvalue weighted by atomic mass is 16.6. The highest BCUT2D eigenvalue weighted by molar-refractivity contribution is 5.42.